The van der Waals surface area contributed by atoms with E-state index in [1.54, 1.807) is 0 Å². The topological polar surface area (TPSA) is 43.8 Å². The maximum atomic E-state index is 6.29. The Labute approximate surface area is 129 Å². The van der Waals surface area contributed by atoms with Crippen LogP contribution in [0.2, 0.25) is 5.02 Å². The van der Waals surface area contributed by atoms with Gasteiger partial charge < -0.3 is 5.73 Å². The standard InChI is InChI=1S/C17H16ClN3/c18-16-7-4-8-17(15(16)9-10-19)21-12-14(11-20-21)13-5-2-1-3-6-13/h1-8,11-12H,9-10,19H2. The van der Waals surface area contributed by atoms with E-state index in [4.69, 9.17) is 17.3 Å². The number of hydrogen-bond acceptors (Lipinski definition) is 2. The Morgan fingerprint density at radius 3 is 2.57 bits per heavy atom. The lowest BCUT2D eigenvalue weighted by atomic mass is 10.1. The molecule has 0 aliphatic carbocycles. The van der Waals surface area contributed by atoms with Crippen molar-refractivity contribution >= 4 is 11.6 Å². The summed E-state index contributed by atoms with van der Waals surface area (Å²) in [7, 11) is 0. The molecule has 2 aromatic carbocycles. The molecule has 0 fully saturated rings. The van der Waals surface area contributed by atoms with Gasteiger partial charge in [0.25, 0.3) is 0 Å². The van der Waals surface area contributed by atoms with Crippen molar-refractivity contribution in [1.29, 1.82) is 0 Å². The first kappa shape index (κ1) is 13.9. The molecule has 106 valence electrons. The van der Waals surface area contributed by atoms with Crippen LogP contribution >= 0.6 is 11.6 Å². The highest BCUT2D eigenvalue weighted by molar-refractivity contribution is 6.31. The van der Waals surface area contributed by atoms with Crippen LogP contribution in [-0.4, -0.2) is 16.3 Å². The molecule has 3 rings (SSSR count). The molecule has 0 atom stereocenters. The summed E-state index contributed by atoms with van der Waals surface area (Å²) in [6.45, 7) is 0.559. The quantitative estimate of drug-likeness (QED) is 0.798. The molecule has 0 aliphatic rings. The van der Waals surface area contributed by atoms with Crippen LogP contribution in [0.3, 0.4) is 0 Å². The third-order valence-electron chi connectivity index (χ3n) is 3.43. The van der Waals surface area contributed by atoms with Crippen LogP contribution in [0, 0.1) is 0 Å². The van der Waals surface area contributed by atoms with E-state index >= 15 is 0 Å². The van der Waals surface area contributed by atoms with Gasteiger partial charge in [-0.1, -0.05) is 48.0 Å². The predicted molar refractivity (Wildman–Crippen MR) is 86.8 cm³/mol. The molecule has 4 heteroatoms. The number of nitrogens with two attached hydrogens (primary N) is 1. The fourth-order valence-electron chi connectivity index (χ4n) is 2.39. The fourth-order valence-corrected chi connectivity index (χ4v) is 2.65. The summed E-state index contributed by atoms with van der Waals surface area (Å²) >= 11 is 6.29. The van der Waals surface area contributed by atoms with E-state index in [2.05, 4.69) is 17.2 Å². The Kier molecular flexibility index (Phi) is 4.04. The van der Waals surface area contributed by atoms with E-state index in [9.17, 15) is 0 Å². The second-order valence-electron chi connectivity index (χ2n) is 4.82. The Morgan fingerprint density at radius 1 is 1.00 bits per heavy atom. The van der Waals surface area contributed by atoms with E-state index in [0.717, 1.165) is 33.8 Å². The zero-order valence-corrected chi connectivity index (χ0v) is 12.3. The van der Waals surface area contributed by atoms with E-state index in [-0.39, 0.29) is 0 Å². The molecule has 3 aromatic rings. The molecule has 0 saturated carbocycles. The minimum atomic E-state index is 0.559. The average Bonchev–Trinajstić information content (AvgIpc) is 3.00. The Hall–Kier alpha value is -2.10. The molecule has 0 saturated heterocycles. The highest BCUT2D eigenvalue weighted by Gasteiger charge is 2.10. The summed E-state index contributed by atoms with van der Waals surface area (Å²) in [5, 5.41) is 5.20. The van der Waals surface area contributed by atoms with Crippen LogP contribution in [0.1, 0.15) is 5.56 Å². The molecule has 0 unspecified atom stereocenters. The molecule has 0 bridgehead atoms. The van der Waals surface area contributed by atoms with Crippen molar-refractivity contribution < 1.29 is 0 Å². The van der Waals surface area contributed by atoms with Crippen LogP contribution in [0.25, 0.3) is 16.8 Å². The van der Waals surface area contributed by atoms with Gasteiger partial charge >= 0.3 is 0 Å². The van der Waals surface area contributed by atoms with Gasteiger partial charge in [0.2, 0.25) is 0 Å². The minimum Gasteiger partial charge on any atom is -0.330 e. The third-order valence-corrected chi connectivity index (χ3v) is 3.78. The van der Waals surface area contributed by atoms with Gasteiger partial charge in [0, 0.05) is 16.8 Å². The molecule has 1 aromatic heterocycles. The van der Waals surface area contributed by atoms with E-state index in [1.165, 1.54) is 0 Å². The highest BCUT2D eigenvalue weighted by Crippen LogP contribution is 2.25. The summed E-state index contributed by atoms with van der Waals surface area (Å²) < 4.78 is 1.86. The summed E-state index contributed by atoms with van der Waals surface area (Å²) in [4.78, 5) is 0. The molecule has 0 spiro atoms. The van der Waals surface area contributed by atoms with Gasteiger partial charge in [0.1, 0.15) is 0 Å². The van der Waals surface area contributed by atoms with Crippen molar-refractivity contribution in [3.05, 3.63) is 71.5 Å². The second-order valence-corrected chi connectivity index (χ2v) is 5.22. The lowest BCUT2D eigenvalue weighted by molar-refractivity contribution is 0.851. The SMILES string of the molecule is NCCc1c(Cl)cccc1-n1cc(-c2ccccc2)cn1. The Morgan fingerprint density at radius 2 is 1.81 bits per heavy atom. The lowest BCUT2D eigenvalue weighted by Gasteiger charge is -2.10. The molecule has 21 heavy (non-hydrogen) atoms. The van der Waals surface area contributed by atoms with Gasteiger partial charge in [0.05, 0.1) is 11.9 Å². The number of halogens is 1. The Bertz CT molecular complexity index is 735. The molecular formula is C17H16ClN3. The lowest BCUT2D eigenvalue weighted by Crippen LogP contribution is -2.07. The molecular weight excluding hydrogens is 282 g/mol. The predicted octanol–water partition coefficient (Wildman–Crippen LogP) is 3.69. The van der Waals surface area contributed by atoms with E-state index in [0.29, 0.717) is 6.54 Å². The van der Waals surface area contributed by atoms with Crippen molar-refractivity contribution in [2.75, 3.05) is 6.54 Å². The maximum Gasteiger partial charge on any atom is 0.0693 e. The summed E-state index contributed by atoms with van der Waals surface area (Å²) in [5.74, 6) is 0. The summed E-state index contributed by atoms with van der Waals surface area (Å²) in [6, 6.07) is 16.0. The zero-order chi connectivity index (χ0) is 14.7. The molecule has 0 amide bonds. The maximum absolute atomic E-state index is 6.29. The molecule has 0 radical (unpaired) electrons. The average molecular weight is 298 g/mol. The molecule has 3 nitrogen and oxygen atoms in total. The normalized spacial score (nSPS) is 10.8. The zero-order valence-electron chi connectivity index (χ0n) is 11.5. The summed E-state index contributed by atoms with van der Waals surface area (Å²) in [6.07, 6.45) is 4.61. The van der Waals surface area contributed by atoms with Crippen LogP contribution in [0.5, 0.6) is 0 Å². The first-order chi connectivity index (χ1) is 10.3. The first-order valence-corrected chi connectivity index (χ1v) is 7.25. The minimum absolute atomic E-state index is 0.559. The second kappa shape index (κ2) is 6.12. The van der Waals surface area contributed by atoms with Crippen LogP contribution < -0.4 is 5.73 Å². The van der Waals surface area contributed by atoms with Crippen molar-refractivity contribution in [2.45, 2.75) is 6.42 Å². The number of hydrogen-bond donors (Lipinski definition) is 1. The van der Waals surface area contributed by atoms with E-state index < -0.39 is 0 Å². The van der Waals surface area contributed by atoms with Gasteiger partial charge in [-0.2, -0.15) is 5.10 Å². The first-order valence-electron chi connectivity index (χ1n) is 6.87. The summed E-state index contributed by atoms with van der Waals surface area (Å²) in [5.41, 5.74) is 9.92. The fraction of sp³-hybridized carbons (Fsp3) is 0.118. The third kappa shape index (κ3) is 2.84. The van der Waals surface area contributed by atoms with Crippen molar-refractivity contribution in [3.8, 4) is 16.8 Å². The molecule has 0 aliphatic heterocycles. The van der Waals surface area contributed by atoms with Crippen LogP contribution in [0.4, 0.5) is 0 Å². The number of aromatic nitrogens is 2. The smallest absolute Gasteiger partial charge is 0.0693 e. The highest BCUT2D eigenvalue weighted by atomic mass is 35.5. The van der Waals surface area contributed by atoms with Crippen LogP contribution in [0.15, 0.2) is 60.9 Å². The Balaban J connectivity index is 2.03. The van der Waals surface area contributed by atoms with Crippen molar-refractivity contribution in [2.24, 2.45) is 5.73 Å². The molecule has 2 N–H and O–H groups in total. The number of nitrogens with zero attached hydrogens (tertiary/aromatic N) is 2. The van der Waals surface area contributed by atoms with Crippen molar-refractivity contribution in [1.82, 2.24) is 9.78 Å². The largest absolute Gasteiger partial charge is 0.330 e. The van der Waals surface area contributed by atoms with Crippen molar-refractivity contribution in [3.63, 3.8) is 0 Å². The van der Waals surface area contributed by atoms with E-state index in [1.807, 2.05) is 53.5 Å². The van der Waals surface area contributed by atoms with Gasteiger partial charge in [0.15, 0.2) is 0 Å². The van der Waals surface area contributed by atoms with Crippen LogP contribution in [-0.2, 0) is 6.42 Å². The van der Waals surface area contributed by atoms with Gasteiger partial charge in [-0.25, -0.2) is 4.68 Å². The van der Waals surface area contributed by atoms with Gasteiger partial charge in [-0.3, -0.25) is 0 Å². The van der Waals surface area contributed by atoms with Gasteiger partial charge in [-0.05, 0) is 36.2 Å². The number of benzene rings is 2. The number of rotatable bonds is 4. The molecule has 1 heterocycles. The van der Waals surface area contributed by atoms with Gasteiger partial charge in [-0.15, -0.1) is 0 Å². The monoisotopic (exact) mass is 297 g/mol.